The van der Waals surface area contributed by atoms with Crippen molar-refractivity contribution in [3.05, 3.63) is 18.1 Å². The summed E-state index contributed by atoms with van der Waals surface area (Å²) < 4.78 is 5.56. The van der Waals surface area contributed by atoms with Crippen LogP contribution in [0.25, 0.3) is 11.0 Å². The minimum atomic E-state index is -1.54. The number of rotatable bonds is 2. The quantitative estimate of drug-likeness (QED) is 0.480. The normalized spacial score (nSPS) is 33.9. The Kier molecular flexibility index (Phi) is 2.91. The number of anilines is 1. The topological polar surface area (TPSA) is 138 Å². The lowest BCUT2D eigenvalue weighted by atomic mass is 9.89. The third kappa shape index (κ3) is 1.70. The van der Waals surface area contributed by atoms with E-state index in [-0.39, 0.29) is 12.4 Å². The van der Waals surface area contributed by atoms with Crippen LogP contribution in [-0.2, 0) is 4.74 Å². The highest BCUT2D eigenvalue weighted by Crippen LogP contribution is 2.43. The number of nitrogens with one attached hydrogen (secondary N) is 1. The van der Waals surface area contributed by atoms with Gasteiger partial charge < -0.3 is 30.8 Å². The van der Waals surface area contributed by atoms with Gasteiger partial charge in [0.1, 0.15) is 35.8 Å². The van der Waals surface area contributed by atoms with Crippen molar-refractivity contribution in [2.24, 2.45) is 0 Å². The molecular formula is C12H16N4O4. The SMILES string of the molecule is C[C@]1(O)C(c2c[nH]c3c(N)ncnc23)OC(CO)C1O. The number of nitrogen functional groups attached to an aromatic ring is 1. The highest BCUT2D eigenvalue weighted by Gasteiger charge is 2.53. The minimum Gasteiger partial charge on any atom is -0.394 e. The predicted molar refractivity (Wildman–Crippen MR) is 69.6 cm³/mol. The number of aliphatic hydroxyl groups excluding tert-OH is 2. The van der Waals surface area contributed by atoms with E-state index in [0.29, 0.717) is 16.6 Å². The van der Waals surface area contributed by atoms with E-state index in [9.17, 15) is 15.3 Å². The standard InChI is InChI=1S/C12H16N4O4/c1-12(19)9(18)6(3-17)20-10(12)5-2-14-8-7(5)15-4-16-11(8)13/h2,4,6,9-10,14,17-19H,3H2,1H3,(H2,13,15,16)/t6?,9?,10?,12-/m1/s1. The number of nitrogens with zero attached hydrogens (tertiary/aromatic N) is 2. The number of hydrogen-bond acceptors (Lipinski definition) is 7. The molecule has 8 heteroatoms. The zero-order chi connectivity index (χ0) is 14.5. The van der Waals surface area contributed by atoms with Crippen molar-refractivity contribution in [2.45, 2.75) is 30.8 Å². The Hall–Kier alpha value is -1.74. The van der Waals surface area contributed by atoms with E-state index in [2.05, 4.69) is 15.0 Å². The third-order valence-electron chi connectivity index (χ3n) is 3.78. The molecule has 4 atom stereocenters. The molecule has 6 N–H and O–H groups in total. The first-order valence-corrected chi connectivity index (χ1v) is 6.21. The molecule has 1 fully saturated rings. The zero-order valence-electron chi connectivity index (χ0n) is 10.8. The second-order valence-electron chi connectivity index (χ2n) is 5.13. The highest BCUT2D eigenvalue weighted by molar-refractivity contribution is 5.87. The molecule has 0 radical (unpaired) electrons. The Morgan fingerprint density at radius 2 is 2.25 bits per heavy atom. The van der Waals surface area contributed by atoms with Crippen molar-refractivity contribution < 1.29 is 20.1 Å². The lowest BCUT2D eigenvalue weighted by Gasteiger charge is -2.26. The van der Waals surface area contributed by atoms with Crippen LogP contribution in [-0.4, -0.2) is 54.7 Å². The Bertz CT molecular complexity index is 641. The Morgan fingerprint density at radius 1 is 1.50 bits per heavy atom. The largest absolute Gasteiger partial charge is 0.394 e. The number of aromatic amines is 1. The number of ether oxygens (including phenoxy) is 1. The van der Waals surface area contributed by atoms with Crippen LogP contribution in [0.4, 0.5) is 5.82 Å². The summed E-state index contributed by atoms with van der Waals surface area (Å²) in [6.07, 6.45) is 0.0680. The molecule has 0 bridgehead atoms. The monoisotopic (exact) mass is 280 g/mol. The van der Waals surface area contributed by atoms with Crippen LogP contribution in [0.3, 0.4) is 0 Å². The van der Waals surface area contributed by atoms with Gasteiger partial charge in [-0.2, -0.15) is 0 Å². The fraction of sp³-hybridized carbons (Fsp3) is 0.500. The van der Waals surface area contributed by atoms with Gasteiger partial charge in [-0.25, -0.2) is 9.97 Å². The first-order valence-electron chi connectivity index (χ1n) is 6.21. The van der Waals surface area contributed by atoms with Crippen molar-refractivity contribution in [3.8, 4) is 0 Å². The summed E-state index contributed by atoms with van der Waals surface area (Å²) in [6.45, 7) is 1.08. The molecule has 2 aromatic rings. The molecule has 0 aromatic carbocycles. The molecule has 3 rings (SSSR count). The van der Waals surface area contributed by atoms with Gasteiger partial charge in [-0.3, -0.25) is 0 Å². The fourth-order valence-corrected chi connectivity index (χ4v) is 2.63. The maximum absolute atomic E-state index is 10.5. The van der Waals surface area contributed by atoms with E-state index >= 15 is 0 Å². The van der Waals surface area contributed by atoms with Gasteiger partial charge in [-0.15, -0.1) is 0 Å². The highest BCUT2D eigenvalue weighted by atomic mass is 16.6. The Labute approximate surface area is 114 Å². The molecular weight excluding hydrogens is 264 g/mol. The van der Waals surface area contributed by atoms with Crippen molar-refractivity contribution in [3.63, 3.8) is 0 Å². The van der Waals surface area contributed by atoms with Crippen LogP contribution >= 0.6 is 0 Å². The number of H-pyrrole nitrogens is 1. The van der Waals surface area contributed by atoms with E-state index in [0.717, 1.165) is 0 Å². The molecule has 108 valence electrons. The van der Waals surface area contributed by atoms with Gasteiger partial charge in [0, 0.05) is 11.8 Å². The van der Waals surface area contributed by atoms with Crippen LogP contribution in [0, 0.1) is 0 Å². The van der Waals surface area contributed by atoms with Crippen LogP contribution in [0.15, 0.2) is 12.5 Å². The zero-order valence-corrected chi connectivity index (χ0v) is 10.8. The van der Waals surface area contributed by atoms with Crippen molar-refractivity contribution in [2.75, 3.05) is 12.3 Å². The smallest absolute Gasteiger partial charge is 0.151 e. The molecule has 20 heavy (non-hydrogen) atoms. The second-order valence-corrected chi connectivity index (χ2v) is 5.13. The van der Waals surface area contributed by atoms with Crippen molar-refractivity contribution in [1.29, 1.82) is 0 Å². The summed E-state index contributed by atoms with van der Waals surface area (Å²) in [5, 5.41) is 29.7. The molecule has 0 saturated carbocycles. The average molecular weight is 280 g/mol. The van der Waals surface area contributed by atoms with Crippen molar-refractivity contribution in [1.82, 2.24) is 15.0 Å². The summed E-state index contributed by atoms with van der Waals surface area (Å²) >= 11 is 0. The number of hydrogen-bond donors (Lipinski definition) is 5. The van der Waals surface area contributed by atoms with Gasteiger partial charge >= 0.3 is 0 Å². The van der Waals surface area contributed by atoms with Crippen LogP contribution in [0.2, 0.25) is 0 Å². The number of aromatic nitrogens is 3. The second kappa shape index (κ2) is 4.38. The van der Waals surface area contributed by atoms with Gasteiger partial charge in [-0.05, 0) is 6.92 Å². The average Bonchev–Trinajstić information content (AvgIpc) is 2.92. The first kappa shape index (κ1) is 13.3. The summed E-state index contributed by atoms with van der Waals surface area (Å²) in [4.78, 5) is 10.9. The summed E-state index contributed by atoms with van der Waals surface area (Å²) in [7, 11) is 0. The molecule has 3 heterocycles. The number of aliphatic hydroxyl groups is 3. The van der Waals surface area contributed by atoms with Crippen molar-refractivity contribution >= 4 is 16.9 Å². The maximum Gasteiger partial charge on any atom is 0.151 e. The number of fused-ring (bicyclic) bond motifs is 1. The molecule has 2 aromatic heterocycles. The molecule has 0 aliphatic carbocycles. The molecule has 1 saturated heterocycles. The summed E-state index contributed by atoms with van der Waals surface area (Å²) in [5.74, 6) is 0.290. The van der Waals surface area contributed by atoms with E-state index in [1.165, 1.54) is 13.3 Å². The lowest BCUT2D eigenvalue weighted by Crippen LogP contribution is -2.42. The third-order valence-corrected chi connectivity index (χ3v) is 3.78. The van der Waals surface area contributed by atoms with Gasteiger partial charge in [0.25, 0.3) is 0 Å². The van der Waals surface area contributed by atoms with E-state index in [1.807, 2.05) is 0 Å². The van der Waals surface area contributed by atoms with Gasteiger partial charge in [0.15, 0.2) is 5.82 Å². The fourth-order valence-electron chi connectivity index (χ4n) is 2.63. The predicted octanol–water partition coefficient (Wildman–Crippen LogP) is -0.916. The molecule has 3 unspecified atom stereocenters. The van der Waals surface area contributed by atoms with E-state index in [4.69, 9.17) is 10.5 Å². The summed E-state index contributed by atoms with van der Waals surface area (Å²) in [5.41, 5.74) is 5.83. The maximum atomic E-state index is 10.5. The van der Waals surface area contributed by atoms with Gasteiger partial charge in [0.2, 0.25) is 0 Å². The van der Waals surface area contributed by atoms with Crippen LogP contribution < -0.4 is 5.73 Å². The molecule has 1 aliphatic heterocycles. The Morgan fingerprint density at radius 3 is 2.90 bits per heavy atom. The van der Waals surface area contributed by atoms with E-state index in [1.54, 1.807) is 6.20 Å². The minimum absolute atomic E-state index is 0.290. The Balaban J connectivity index is 2.10. The first-order chi connectivity index (χ1) is 9.46. The molecule has 8 nitrogen and oxygen atoms in total. The number of nitrogens with two attached hydrogens (primary N) is 1. The lowest BCUT2D eigenvalue weighted by molar-refractivity contribution is -0.0641. The molecule has 1 aliphatic rings. The van der Waals surface area contributed by atoms with Crippen LogP contribution in [0.1, 0.15) is 18.6 Å². The van der Waals surface area contributed by atoms with Gasteiger partial charge in [0.05, 0.1) is 12.1 Å². The van der Waals surface area contributed by atoms with Crippen LogP contribution in [0.5, 0.6) is 0 Å². The molecule has 0 spiro atoms. The van der Waals surface area contributed by atoms with E-state index < -0.39 is 23.9 Å². The molecule has 0 amide bonds. The summed E-state index contributed by atoms with van der Waals surface area (Å²) in [6, 6.07) is 0. The van der Waals surface area contributed by atoms with Gasteiger partial charge in [-0.1, -0.05) is 0 Å².